The van der Waals surface area contributed by atoms with Crippen LogP contribution in [-0.2, 0) is 11.4 Å². The zero-order valence-electron chi connectivity index (χ0n) is 15.5. The first-order valence-electron chi connectivity index (χ1n) is 8.52. The van der Waals surface area contributed by atoms with E-state index in [0.29, 0.717) is 11.1 Å². The van der Waals surface area contributed by atoms with Gasteiger partial charge in [-0.15, -0.1) is 10.2 Å². The molecule has 1 heterocycles. The van der Waals surface area contributed by atoms with Gasteiger partial charge < -0.3 is 14.5 Å². The number of anilines is 1. The highest BCUT2D eigenvalue weighted by atomic mass is 32.2. The zero-order chi connectivity index (χ0) is 19.2. The Morgan fingerprint density at radius 3 is 2.70 bits per heavy atom. The zero-order valence-corrected chi connectivity index (χ0v) is 16.3. The van der Waals surface area contributed by atoms with Crippen molar-refractivity contribution in [1.82, 2.24) is 10.2 Å². The maximum absolute atomic E-state index is 12.1. The molecule has 3 aromatic rings. The molecule has 0 saturated heterocycles. The van der Waals surface area contributed by atoms with Gasteiger partial charge in [0, 0.05) is 5.69 Å². The molecule has 140 valence electrons. The van der Waals surface area contributed by atoms with Crippen molar-refractivity contribution in [1.29, 1.82) is 0 Å². The van der Waals surface area contributed by atoms with Crippen molar-refractivity contribution in [3.63, 3.8) is 0 Å². The third kappa shape index (κ3) is 5.34. The molecule has 0 spiro atoms. The lowest BCUT2D eigenvalue weighted by Crippen LogP contribution is -2.14. The Bertz CT molecular complexity index is 940. The summed E-state index contributed by atoms with van der Waals surface area (Å²) < 4.78 is 11.2. The van der Waals surface area contributed by atoms with Gasteiger partial charge in [0.05, 0.1) is 5.75 Å². The second kappa shape index (κ2) is 8.73. The second-order valence-corrected chi connectivity index (χ2v) is 7.10. The third-order valence-electron chi connectivity index (χ3n) is 3.88. The Balaban J connectivity index is 1.49. The maximum atomic E-state index is 12.1. The topological polar surface area (TPSA) is 77.2 Å². The van der Waals surface area contributed by atoms with E-state index >= 15 is 0 Å². The van der Waals surface area contributed by atoms with E-state index in [-0.39, 0.29) is 18.3 Å². The minimum atomic E-state index is -0.122. The van der Waals surface area contributed by atoms with E-state index < -0.39 is 0 Å². The first-order chi connectivity index (χ1) is 13.0. The Kier molecular flexibility index (Phi) is 6.13. The predicted octanol–water partition coefficient (Wildman–Crippen LogP) is 4.30. The molecular weight excluding hydrogens is 362 g/mol. The van der Waals surface area contributed by atoms with Crippen molar-refractivity contribution in [2.24, 2.45) is 0 Å². The number of benzene rings is 2. The van der Waals surface area contributed by atoms with Crippen LogP contribution in [0.3, 0.4) is 0 Å². The summed E-state index contributed by atoms with van der Waals surface area (Å²) in [4.78, 5) is 12.1. The Hall–Kier alpha value is -2.80. The van der Waals surface area contributed by atoms with E-state index in [9.17, 15) is 4.79 Å². The number of carbonyl (C=O) groups excluding carboxylic acids is 1. The monoisotopic (exact) mass is 383 g/mol. The molecule has 3 rings (SSSR count). The van der Waals surface area contributed by atoms with Gasteiger partial charge in [-0.3, -0.25) is 4.79 Å². The van der Waals surface area contributed by atoms with Gasteiger partial charge in [0.2, 0.25) is 5.91 Å². The van der Waals surface area contributed by atoms with Crippen molar-refractivity contribution in [2.75, 3.05) is 11.1 Å². The first kappa shape index (κ1) is 19.0. The maximum Gasteiger partial charge on any atom is 0.277 e. The normalized spacial score (nSPS) is 10.6. The lowest BCUT2D eigenvalue weighted by atomic mass is 10.1. The highest BCUT2D eigenvalue weighted by molar-refractivity contribution is 7.99. The fourth-order valence-corrected chi connectivity index (χ4v) is 3.06. The molecule has 0 saturated carbocycles. The van der Waals surface area contributed by atoms with Gasteiger partial charge in [-0.2, -0.15) is 0 Å². The number of aromatic nitrogens is 2. The molecule has 0 aliphatic rings. The molecule has 1 aromatic heterocycles. The average molecular weight is 383 g/mol. The van der Waals surface area contributed by atoms with Crippen LogP contribution in [0.2, 0.25) is 0 Å². The molecule has 0 bridgehead atoms. The molecule has 0 fully saturated rings. The highest BCUT2D eigenvalue weighted by Crippen LogP contribution is 2.21. The summed E-state index contributed by atoms with van der Waals surface area (Å²) in [6.07, 6.45) is 0. The van der Waals surface area contributed by atoms with E-state index in [2.05, 4.69) is 15.5 Å². The lowest BCUT2D eigenvalue weighted by molar-refractivity contribution is -0.113. The van der Waals surface area contributed by atoms with Gasteiger partial charge in [-0.25, -0.2) is 0 Å². The van der Waals surface area contributed by atoms with Crippen LogP contribution in [0.25, 0.3) is 0 Å². The number of ether oxygens (including phenoxy) is 1. The van der Waals surface area contributed by atoms with E-state index in [1.54, 1.807) is 0 Å². The minimum absolute atomic E-state index is 0.122. The molecule has 0 aliphatic carbocycles. The summed E-state index contributed by atoms with van der Waals surface area (Å²) >= 11 is 1.19. The molecule has 1 N–H and O–H groups in total. The Labute approximate surface area is 162 Å². The number of hydrogen-bond donors (Lipinski definition) is 1. The van der Waals surface area contributed by atoms with Crippen LogP contribution < -0.4 is 10.1 Å². The molecule has 6 nitrogen and oxygen atoms in total. The summed E-state index contributed by atoms with van der Waals surface area (Å²) in [6.45, 7) is 6.14. The molecule has 0 radical (unpaired) electrons. The van der Waals surface area contributed by atoms with Gasteiger partial charge in [0.1, 0.15) is 5.75 Å². The van der Waals surface area contributed by atoms with E-state index in [4.69, 9.17) is 9.15 Å². The summed E-state index contributed by atoms with van der Waals surface area (Å²) in [6, 6.07) is 13.6. The van der Waals surface area contributed by atoms with Gasteiger partial charge in [-0.05, 0) is 44.0 Å². The SMILES string of the molecule is Cc1ccc(NC(=O)CSc2nnc(COc3ccccc3C)o2)c(C)c1. The van der Waals surface area contributed by atoms with Crippen LogP contribution in [0.1, 0.15) is 22.6 Å². The number of amides is 1. The molecule has 2 aromatic carbocycles. The third-order valence-corrected chi connectivity index (χ3v) is 4.69. The summed E-state index contributed by atoms with van der Waals surface area (Å²) in [7, 11) is 0. The number of aryl methyl sites for hydroxylation is 3. The first-order valence-corrected chi connectivity index (χ1v) is 9.50. The number of nitrogens with one attached hydrogen (secondary N) is 1. The van der Waals surface area contributed by atoms with Crippen molar-refractivity contribution < 1.29 is 13.9 Å². The fourth-order valence-electron chi connectivity index (χ4n) is 2.48. The predicted molar refractivity (Wildman–Crippen MR) is 105 cm³/mol. The van der Waals surface area contributed by atoms with Crippen molar-refractivity contribution in [2.45, 2.75) is 32.6 Å². The largest absolute Gasteiger partial charge is 0.484 e. The molecule has 1 amide bonds. The quantitative estimate of drug-likeness (QED) is 0.613. The standard InChI is InChI=1S/C20H21N3O3S/c1-13-8-9-16(15(3)10-13)21-18(24)12-27-20-23-22-19(26-20)11-25-17-7-5-4-6-14(17)2/h4-10H,11-12H2,1-3H3,(H,21,24). The number of carbonyl (C=O) groups is 1. The lowest BCUT2D eigenvalue weighted by Gasteiger charge is -2.08. The summed E-state index contributed by atoms with van der Waals surface area (Å²) in [5.74, 6) is 1.21. The number of para-hydroxylation sites is 1. The van der Waals surface area contributed by atoms with Gasteiger partial charge in [0.15, 0.2) is 6.61 Å². The number of rotatable bonds is 7. The van der Waals surface area contributed by atoms with Crippen LogP contribution in [0.5, 0.6) is 5.75 Å². The van der Waals surface area contributed by atoms with Crippen LogP contribution in [0.15, 0.2) is 52.1 Å². The van der Waals surface area contributed by atoms with Gasteiger partial charge in [-0.1, -0.05) is 47.7 Å². The molecular formula is C20H21N3O3S. The van der Waals surface area contributed by atoms with Crippen LogP contribution >= 0.6 is 11.8 Å². The fraction of sp³-hybridized carbons (Fsp3) is 0.250. The second-order valence-electron chi connectivity index (χ2n) is 6.17. The molecule has 27 heavy (non-hydrogen) atoms. The van der Waals surface area contributed by atoms with E-state index in [1.165, 1.54) is 11.8 Å². The number of nitrogens with zero attached hydrogens (tertiary/aromatic N) is 2. The molecule has 7 heteroatoms. The number of thioether (sulfide) groups is 1. The Morgan fingerprint density at radius 1 is 1.11 bits per heavy atom. The van der Waals surface area contributed by atoms with Crippen molar-refractivity contribution >= 4 is 23.4 Å². The van der Waals surface area contributed by atoms with Crippen LogP contribution in [0.4, 0.5) is 5.69 Å². The van der Waals surface area contributed by atoms with Crippen molar-refractivity contribution in [3.05, 3.63) is 65.0 Å². The summed E-state index contributed by atoms with van der Waals surface area (Å²) in [5, 5.41) is 11.1. The molecule has 0 aliphatic heterocycles. The minimum Gasteiger partial charge on any atom is -0.484 e. The highest BCUT2D eigenvalue weighted by Gasteiger charge is 2.11. The molecule has 0 atom stereocenters. The van der Waals surface area contributed by atoms with E-state index in [1.807, 2.05) is 63.2 Å². The average Bonchev–Trinajstić information content (AvgIpc) is 3.10. The van der Waals surface area contributed by atoms with Crippen molar-refractivity contribution in [3.8, 4) is 5.75 Å². The molecule has 0 unspecified atom stereocenters. The van der Waals surface area contributed by atoms with E-state index in [0.717, 1.165) is 28.1 Å². The van der Waals surface area contributed by atoms with Crippen LogP contribution in [0, 0.1) is 20.8 Å². The van der Waals surface area contributed by atoms with Gasteiger partial charge >= 0.3 is 0 Å². The van der Waals surface area contributed by atoms with Crippen LogP contribution in [-0.4, -0.2) is 21.9 Å². The summed E-state index contributed by atoms with van der Waals surface area (Å²) in [5.41, 5.74) is 4.03. The van der Waals surface area contributed by atoms with Gasteiger partial charge in [0.25, 0.3) is 11.1 Å². The number of hydrogen-bond acceptors (Lipinski definition) is 6. The smallest absolute Gasteiger partial charge is 0.277 e. The Morgan fingerprint density at radius 2 is 1.93 bits per heavy atom.